The maximum Gasteiger partial charge on any atom is 0.247 e. The summed E-state index contributed by atoms with van der Waals surface area (Å²) in [5.41, 5.74) is 3.45. The molecule has 6 rings (SSSR count). The second kappa shape index (κ2) is 8.95. The highest BCUT2D eigenvalue weighted by Gasteiger charge is 2.63. The number of imide groups is 1. The maximum absolute atomic E-state index is 13.8. The molecular formula is C29H24ClN3O3. The molecule has 3 heterocycles. The van der Waals surface area contributed by atoms with Crippen LogP contribution in [-0.2, 0) is 20.8 Å². The Kier molecular flexibility index (Phi) is 5.61. The first-order valence-corrected chi connectivity index (χ1v) is 12.4. The highest BCUT2D eigenvalue weighted by molar-refractivity contribution is 6.30. The van der Waals surface area contributed by atoms with Gasteiger partial charge in [0, 0.05) is 22.9 Å². The Morgan fingerprint density at radius 1 is 0.861 bits per heavy atom. The molecule has 0 aromatic heterocycles. The molecule has 4 unspecified atom stereocenters. The number of likely N-dealkylation sites (tertiary alicyclic amines) is 1. The normalized spacial score (nSPS) is 23.9. The van der Waals surface area contributed by atoms with E-state index in [0.717, 1.165) is 16.8 Å². The van der Waals surface area contributed by atoms with Gasteiger partial charge in [0.2, 0.25) is 17.7 Å². The molecule has 3 amide bonds. The number of benzene rings is 3. The second-order valence-corrected chi connectivity index (χ2v) is 9.81. The molecule has 36 heavy (non-hydrogen) atoms. The number of rotatable bonds is 5. The van der Waals surface area contributed by atoms with Gasteiger partial charge in [-0.25, -0.2) is 0 Å². The molecule has 0 bridgehead atoms. The van der Waals surface area contributed by atoms with Crippen molar-refractivity contribution in [1.82, 2.24) is 4.90 Å². The average Bonchev–Trinajstić information content (AvgIpc) is 3.37. The third-order valence-corrected chi connectivity index (χ3v) is 7.61. The summed E-state index contributed by atoms with van der Waals surface area (Å²) >= 11 is 6.00. The monoisotopic (exact) mass is 497 g/mol. The van der Waals surface area contributed by atoms with Crippen LogP contribution in [0.15, 0.2) is 84.9 Å². The number of nitrogens with zero attached hydrogens (tertiary/aromatic N) is 2. The minimum atomic E-state index is -0.819. The van der Waals surface area contributed by atoms with Gasteiger partial charge in [-0.1, -0.05) is 72.3 Å². The van der Waals surface area contributed by atoms with Gasteiger partial charge in [-0.2, -0.15) is 0 Å². The molecule has 3 aromatic rings. The van der Waals surface area contributed by atoms with Gasteiger partial charge in [-0.3, -0.25) is 19.3 Å². The Morgan fingerprint density at radius 2 is 1.56 bits per heavy atom. The Labute approximate surface area is 214 Å². The van der Waals surface area contributed by atoms with Crippen molar-refractivity contribution in [2.45, 2.75) is 18.5 Å². The summed E-state index contributed by atoms with van der Waals surface area (Å²) < 4.78 is 0. The van der Waals surface area contributed by atoms with E-state index in [-0.39, 0.29) is 23.8 Å². The van der Waals surface area contributed by atoms with Gasteiger partial charge >= 0.3 is 0 Å². The lowest BCUT2D eigenvalue weighted by atomic mass is 9.88. The smallest absolute Gasteiger partial charge is 0.247 e. The van der Waals surface area contributed by atoms with E-state index < -0.39 is 17.9 Å². The Morgan fingerprint density at radius 3 is 2.33 bits per heavy atom. The number of hydrogen-bond donors (Lipinski definition) is 1. The molecular weight excluding hydrogens is 474 g/mol. The zero-order valence-corrected chi connectivity index (χ0v) is 20.1. The van der Waals surface area contributed by atoms with Crippen LogP contribution in [0.1, 0.15) is 11.1 Å². The highest BCUT2D eigenvalue weighted by Crippen LogP contribution is 2.48. The first kappa shape index (κ1) is 22.6. The molecule has 1 N–H and O–H groups in total. The Hall–Kier alpha value is -3.90. The van der Waals surface area contributed by atoms with Gasteiger partial charge in [-0.15, -0.1) is 0 Å². The third kappa shape index (κ3) is 3.69. The molecule has 2 saturated heterocycles. The minimum absolute atomic E-state index is 0.207. The van der Waals surface area contributed by atoms with E-state index in [0.29, 0.717) is 23.7 Å². The van der Waals surface area contributed by atoms with Crippen molar-refractivity contribution in [1.29, 1.82) is 0 Å². The molecule has 180 valence electrons. The largest absolute Gasteiger partial charge is 0.351 e. The van der Waals surface area contributed by atoms with E-state index in [1.807, 2.05) is 71.6 Å². The van der Waals surface area contributed by atoms with Crippen molar-refractivity contribution in [3.63, 3.8) is 0 Å². The standard InChI is InChI=1S/C29H24ClN3O3/c30-20-11-13-21(14-12-20)31-27(34)26-25-24(23-15-10-19-8-4-5-9-22(19)33(23)26)28(35)32(29(25)36)17-16-18-6-2-1-3-7-18/h1-15,23-26H,16-17H2,(H,31,34). The van der Waals surface area contributed by atoms with E-state index in [1.54, 1.807) is 24.3 Å². The lowest BCUT2D eigenvalue weighted by Crippen LogP contribution is -2.50. The summed E-state index contributed by atoms with van der Waals surface area (Å²) in [4.78, 5) is 44.5. The van der Waals surface area contributed by atoms with Crippen LogP contribution >= 0.6 is 11.6 Å². The molecule has 3 aromatic carbocycles. The fraction of sp³-hybridized carbons (Fsp3) is 0.207. The quantitative estimate of drug-likeness (QED) is 0.530. The number of fused-ring (bicyclic) bond motifs is 5. The first-order chi connectivity index (χ1) is 17.5. The summed E-state index contributed by atoms with van der Waals surface area (Å²) in [6.07, 6.45) is 4.52. The van der Waals surface area contributed by atoms with Crippen LogP contribution in [0.2, 0.25) is 5.02 Å². The van der Waals surface area contributed by atoms with E-state index >= 15 is 0 Å². The summed E-state index contributed by atoms with van der Waals surface area (Å²) in [5, 5.41) is 3.51. The molecule has 0 aliphatic carbocycles. The third-order valence-electron chi connectivity index (χ3n) is 7.35. The number of carbonyl (C=O) groups excluding carboxylic acids is 3. The summed E-state index contributed by atoms with van der Waals surface area (Å²) in [7, 11) is 0. The number of halogens is 1. The van der Waals surface area contributed by atoms with Crippen molar-refractivity contribution in [3.8, 4) is 0 Å². The number of amides is 3. The van der Waals surface area contributed by atoms with Gasteiger partial charge in [0.05, 0.1) is 17.9 Å². The van der Waals surface area contributed by atoms with Crippen LogP contribution in [-0.4, -0.2) is 41.2 Å². The first-order valence-electron chi connectivity index (χ1n) is 12.0. The van der Waals surface area contributed by atoms with Crippen molar-refractivity contribution in [2.75, 3.05) is 16.8 Å². The van der Waals surface area contributed by atoms with E-state index in [1.165, 1.54) is 4.90 Å². The van der Waals surface area contributed by atoms with E-state index in [4.69, 9.17) is 11.6 Å². The molecule has 7 heteroatoms. The van der Waals surface area contributed by atoms with Crippen LogP contribution in [0.3, 0.4) is 0 Å². The van der Waals surface area contributed by atoms with Crippen LogP contribution in [0, 0.1) is 11.8 Å². The minimum Gasteiger partial charge on any atom is -0.351 e. The molecule has 2 fully saturated rings. The lowest BCUT2D eigenvalue weighted by Gasteiger charge is -2.36. The molecule has 0 spiro atoms. The Balaban J connectivity index is 1.35. The number of nitrogens with one attached hydrogen (secondary N) is 1. The summed E-state index contributed by atoms with van der Waals surface area (Å²) in [6, 6.07) is 23.2. The van der Waals surface area contributed by atoms with Crippen molar-refractivity contribution in [3.05, 3.63) is 101 Å². The predicted molar refractivity (Wildman–Crippen MR) is 139 cm³/mol. The summed E-state index contributed by atoms with van der Waals surface area (Å²) in [5.74, 6) is -2.18. The fourth-order valence-electron chi connectivity index (χ4n) is 5.73. The van der Waals surface area contributed by atoms with Crippen LogP contribution < -0.4 is 10.2 Å². The van der Waals surface area contributed by atoms with Gasteiger partial charge in [-0.05, 0) is 47.9 Å². The molecule has 3 aliphatic rings. The number of hydrogen-bond acceptors (Lipinski definition) is 4. The van der Waals surface area contributed by atoms with Gasteiger partial charge in [0.1, 0.15) is 6.04 Å². The van der Waals surface area contributed by atoms with Crippen molar-refractivity contribution in [2.24, 2.45) is 11.8 Å². The molecule has 4 atom stereocenters. The summed E-state index contributed by atoms with van der Waals surface area (Å²) in [6.45, 7) is 0.299. The molecule has 0 radical (unpaired) electrons. The second-order valence-electron chi connectivity index (χ2n) is 9.37. The zero-order chi connectivity index (χ0) is 24.8. The fourth-order valence-corrected chi connectivity index (χ4v) is 5.86. The molecule has 0 saturated carbocycles. The maximum atomic E-state index is 13.8. The number of para-hydroxylation sites is 1. The van der Waals surface area contributed by atoms with Gasteiger partial charge in [0.15, 0.2) is 0 Å². The number of carbonyl (C=O) groups is 3. The van der Waals surface area contributed by atoms with Crippen molar-refractivity contribution >= 4 is 46.8 Å². The highest BCUT2D eigenvalue weighted by atomic mass is 35.5. The van der Waals surface area contributed by atoms with Crippen LogP contribution in [0.4, 0.5) is 11.4 Å². The van der Waals surface area contributed by atoms with E-state index in [2.05, 4.69) is 5.32 Å². The molecule has 3 aliphatic heterocycles. The lowest BCUT2D eigenvalue weighted by molar-refractivity contribution is -0.141. The zero-order valence-electron chi connectivity index (χ0n) is 19.4. The predicted octanol–water partition coefficient (Wildman–Crippen LogP) is 4.41. The van der Waals surface area contributed by atoms with Crippen molar-refractivity contribution < 1.29 is 14.4 Å². The van der Waals surface area contributed by atoms with Gasteiger partial charge in [0.25, 0.3) is 0 Å². The number of anilines is 2. The van der Waals surface area contributed by atoms with Crippen LogP contribution in [0.5, 0.6) is 0 Å². The SMILES string of the molecule is O=C(Nc1ccc(Cl)cc1)C1C2C(=O)N(CCc3ccccc3)C(=O)C2C2C=Cc3ccccc3N21. The van der Waals surface area contributed by atoms with Crippen LogP contribution in [0.25, 0.3) is 6.08 Å². The average molecular weight is 498 g/mol. The van der Waals surface area contributed by atoms with E-state index in [9.17, 15) is 14.4 Å². The molecule has 6 nitrogen and oxygen atoms in total. The van der Waals surface area contributed by atoms with Gasteiger partial charge < -0.3 is 10.2 Å². The topological polar surface area (TPSA) is 69.7 Å². The Bertz CT molecular complexity index is 1370.